The van der Waals surface area contributed by atoms with Crippen molar-refractivity contribution in [1.82, 2.24) is 9.88 Å². The average Bonchev–Trinajstić information content (AvgIpc) is 3.38. The summed E-state index contributed by atoms with van der Waals surface area (Å²) >= 11 is 1.45. The topological polar surface area (TPSA) is 89.8 Å². The number of carbonyl (C=O) groups excluding carboxylic acids is 2. The molecule has 8 nitrogen and oxygen atoms in total. The molecule has 0 bridgehead atoms. The van der Waals surface area contributed by atoms with E-state index in [0.29, 0.717) is 61.0 Å². The van der Waals surface area contributed by atoms with Gasteiger partial charge in [0.1, 0.15) is 5.82 Å². The maximum Gasteiger partial charge on any atom is 0.268 e. The van der Waals surface area contributed by atoms with E-state index in [9.17, 15) is 14.9 Å². The molecule has 2 aliphatic heterocycles. The number of nitrogens with zero attached hydrogens (tertiary/aromatic N) is 5. The minimum atomic E-state index is -0.588. The summed E-state index contributed by atoms with van der Waals surface area (Å²) in [7, 11) is 0. The molecule has 1 saturated carbocycles. The lowest BCUT2D eigenvalue weighted by molar-refractivity contribution is 0.0766. The van der Waals surface area contributed by atoms with Gasteiger partial charge in [0.2, 0.25) is 0 Å². The molecule has 2 aromatic heterocycles. The van der Waals surface area contributed by atoms with E-state index in [1.54, 1.807) is 0 Å². The second-order valence-corrected chi connectivity index (χ2v) is 12.3. The van der Waals surface area contributed by atoms with Gasteiger partial charge in [-0.2, -0.15) is 5.26 Å². The number of anilines is 2. The Kier molecular flexibility index (Phi) is 7.07. The highest BCUT2D eigenvalue weighted by Crippen LogP contribution is 2.52. The fourth-order valence-electron chi connectivity index (χ4n) is 5.93. The molecule has 2 saturated heterocycles. The van der Waals surface area contributed by atoms with Crippen molar-refractivity contribution in [2.75, 3.05) is 55.7 Å². The number of likely N-dealkylation sites (tertiary alicyclic amines) is 1. The fraction of sp³-hybridized carbons (Fsp3) is 0.419. The van der Waals surface area contributed by atoms with Crippen LogP contribution in [0.3, 0.4) is 0 Å². The van der Waals surface area contributed by atoms with E-state index in [2.05, 4.69) is 11.0 Å². The molecule has 1 aromatic carbocycles. The van der Waals surface area contributed by atoms with Gasteiger partial charge in [0.15, 0.2) is 0 Å². The molecule has 1 aliphatic carbocycles. The summed E-state index contributed by atoms with van der Waals surface area (Å²) in [4.78, 5) is 38.2. The number of fused-ring (bicyclic) bond motifs is 1. The molecular weight excluding hydrogens is 522 g/mol. The second-order valence-electron chi connectivity index (χ2n) is 11.4. The first-order valence-corrected chi connectivity index (χ1v) is 14.7. The van der Waals surface area contributed by atoms with Gasteiger partial charge in [-0.15, -0.1) is 11.3 Å². The smallest absolute Gasteiger partial charge is 0.268 e. The van der Waals surface area contributed by atoms with Crippen LogP contribution in [0.15, 0.2) is 60.1 Å². The van der Waals surface area contributed by atoms with Crippen molar-refractivity contribution < 1.29 is 14.3 Å². The van der Waals surface area contributed by atoms with Crippen LogP contribution in [0.2, 0.25) is 0 Å². The molecular formula is C31H33N5O3S. The van der Waals surface area contributed by atoms with Crippen molar-refractivity contribution in [3.8, 4) is 6.07 Å². The van der Waals surface area contributed by atoms with Crippen molar-refractivity contribution in [2.24, 2.45) is 17.8 Å². The van der Waals surface area contributed by atoms with E-state index in [4.69, 9.17) is 9.72 Å². The zero-order valence-corrected chi connectivity index (χ0v) is 23.6. The molecule has 2 unspecified atom stereocenters. The number of carbonyl (C=O) groups is 2. The second kappa shape index (κ2) is 10.7. The lowest BCUT2D eigenvalue weighted by Gasteiger charge is -2.29. The molecule has 2 amide bonds. The number of thiophene rings is 1. The third kappa shape index (κ3) is 5.09. The van der Waals surface area contributed by atoms with Crippen LogP contribution < -0.4 is 9.80 Å². The minimum absolute atomic E-state index is 0.00536. The number of ether oxygens (including phenoxy) is 1. The van der Waals surface area contributed by atoms with Crippen LogP contribution in [0, 0.1) is 29.1 Å². The maximum atomic E-state index is 13.6. The van der Waals surface area contributed by atoms with Gasteiger partial charge >= 0.3 is 0 Å². The highest BCUT2D eigenvalue weighted by atomic mass is 32.1. The van der Waals surface area contributed by atoms with E-state index < -0.39 is 5.41 Å². The Morgan fingerprint density at radius 3 is 2.42 bits per heavy atom. The largest absolute Gasteiger partial charge is 0.378 e. The number of amides is 2. The van der Waals surface area contributed by atoms with Gasteiger partial charge in [0, 0.05) is 38.3 Å². The Hall–Kier alpha value is -3.74. The summed E-state index contributed by atoms with van der Waals surface area (Å²) in [6.45, 7) is 8.79. The van der Waals surface area contributed by atoms with Crippen molar-refractivity contribution >= 4 is 34.7 Å². The zero-order chi connectivity index (χ0) is 27.9. The van der Waals surface area contributed by atoms with Crippen molar-refractivity contribution in [1.29, 1.82) is 5.26 Å². The number of pyridine rings is 1. The van der Waals surface area contributed by atoms with Crippen LogP contribution in [-0.2, 0) is 10.2 Å². The molecule has 0 spiro atoms. The molecule has 0 radical (unpaired) electrons. The van der Waals surface area contributed by atoms with Gasteiger partial charge in [-0.05, 0) is 72.9 Å². The lowest BCUT2D eigenvalue weighted by atomic mass is 9.86. The molecule has 4 heterocycles. The first-order chi connectivity index (χ1) is 19.4. The highest BCUT2D eigenvalue weighted by molar-refractivity contribution is 7.12. The number of hydrogen-bond acceptors (Lipinski definition) is 7. The molecule has 0 N–H and O–H groups in total. The predicted octanol–water partition coefficient (Wildman–Crippen LogP) is 4.45. The quantitative estimate of drug-likeness (QED) is 0.428. The molecule has 3 aliphatic rings. The Morgan fingerprint density at radius 2 is 1.82 bits per heavy atom. The molecule has 9 heteroatoms. The van der Waals surface area contributed by atoms with Gasteiger partial charge in [0.25, 0.3) is 11.8 Å². The minimum Gasteiger partial charge on any atom is -0.378 e. The van der Waals surface area contributed by atoms with Gasteiger partial charge in [-0.1, -0.05) is 18.2 Å². The number of piperidine rings is 1. The van der Waals surface area contributed by atoms with Crippen molar-refractivity contribution in [3.05, 3.63) is 76.1 Å². The predicted molar refractivity (Wildman–Crippen MR) is 155 cm³/mol. The molecule has 3 aromatic rings. The zero-order valence-electron chi connectivity index (χ0n) is 22.8. The number of benzene rings is 1. The lowest BCUT2D eigenvalue weighted by Crippen LogP contribution is -2.37. The SMILES string of the molecule is CC(C)(C#N)c1ccc(C(=O)N2CC3C(C2)C3CN(C(=O)c2cccs2)c2ccc(N3CCOCC3)nc2)cc1. The van der Waals surface area contributed by atoms with Crippen LogP contribution in [0.25, 0.3) is 0 Å². The first kappa shape index (κ1) is 26.5. The van der Waals surface area contributed by atoms with Crippen LogP contribution >= 0.6 is 11.3 Å². The molecule has 206 valence electrons. The third-order valence-electron chi connectivity index (χ3n) is 8.54. The number of nitriles is 1. The van der Waals surface area contributed by atoms with Crippen molar-refractivity contribution in [3.63, 3.8) is 0 Å². The maximum absolute atomic E-state index is 13.6. The number of aromatic nitrogens is 1. The number of rotatable bonds is 7. The third-order valence-corrected chi connectivity index (χ3v) is 9.40. The van der Waals surface area contributed by atoms with Crippen LogP contribution in [0.4, 0.5) is 11.5 Å². The summed E-state index contributed by atoms with van der Waals surface area (Å²) in [6.07, 6.45) is 1.81. The fourth-order valence-corrected chi connectivity index (χ4v) is 6.60. The normalized spacial score (nSPS) is 22.0. The Morgan fingerprint density at radius 1 is 1.10 bits per heavy atom. The van der Waals surface area contributed by atoms with Crippen LogP contribution in [-0.4, -0.2) is 67.6 Å². The number of hydrogen-bond donors (Lipinski definition) is 0. The summed E-state index contributed by atoms with van der Waals surface area (Å²) < 4.78 is 5.45. The van der Waals surface area contributed by atoms with Crippen LogP contribution in [0.5, 0.6) is 0 Å². The summed E-state index contributed by atoms with van der Waals surface area (Å²) in [5, 5.41) is 11.3. The van der Waals surface area contributed by atoms with Crippen LogP contribution in [0.1, 0.15) is 39.4 Å². The van der Waals surface area contributed by atoms with Gasteiger partial charge in [0.05, 0.1) is 41.5 Å². The van der Waals surface area contributed by atoms with Gasteiger partial charge < -0.3 is 19.4 Å². The van der Waals surface area contributed by atoms with Crippen molar-refractivity contribution in [2.45, 2.75) is 19.3 Å². The summed E-state index contributed by atoms with van der Waals surface area (Å²) in [5.41, 5.74) is 1.76. The molecule has 2 atom stereocenters. The molecule has 6 rings (SSSR count). The molecule has 3 fully saturated rings. The first-order valence-electron chi connectivity index (χ1n) is 13.8. The van der Waals surface area contributed by atoms with Gasteiger partial charge in [-0.25, -0.2) is 4.98 Å². The highest BCUT2D eigenvalue weighted by Gasteiger charge is 2.57. The number of morpholine rings is 1. The summed E-state index contributed by atoms with van der Waals surface area (Å²) in [5.74, 6) is 2.05. The van der Waals surface area contributed by atoms with E-state index in [-0.39, 0.29) is 11.8 Å². The Bertz CT molecular complexity index is 1400. The average molecular weight is 556 g/mol. The Balaban J connectivity index is 1.12. The Labute approximate surface area is 238 Å². The standard InChI is InChI=1S/C31H33N5O3S/c1-31(2,20-32)22-7-5-21(6-8-22)29(37)35-17-24-25(18-35)26(24)19-36(30(38)27-4-3-15-40-27)23-9-10-28(33-16-23)34-11-13-39-14-12-34/h3-10,15-16,24-26H,11-14,17-19H2,1-2H3. The van der Waals surface area contributed by atoms with Gasteiger partial charge in [-0.3, -0.25) is 9.59 Å². The van der Waals surface area contributed by atoms with E-state index in [1.165, 1.54) is 11.3 Å². The van der Waals surface area contributed by atoms with E-state index >= 15 is 0 Å². The van der Waals surface area contributed by atoms with E-state index in [0.717, 1.165) is 30.2 Å². The summed E-state index contributed by atoms with van der Waals surface area (Å²) in [6, 6.07) is 17.5. The van der Waals surface area contributed by atoms with E-state index in [1.807, 2.05) is 83.8 Å². The molecule has 40 heavy (non-hydrogen) atoms. The monoisotopic (exact) mass is 555 g/mol.